The third-order valence-electron chi connectivity index (χ3n) is 6.40. The van der Waals surface area contributed by atoms with Gasteiger partial charge < -0.3 is 9.84 Å². The van der Waals surface area contributed by atoms with Crippen molar-refractivity contribution in [2.24, 2.45) is 5.92 Å². The van der Waals surface area contributed by atoms with Crippen LogP contribution in [0.3, 0.4) is 0 Å². The molecule has 4 rings (SSSR count). The molecule has 1 atom stereocenters. The molecular formula is C28H36N4O2S. The van der Waals surface area contributed by atoms with Crippen molar-refractivity contribution in [1.82, 2.24) is 20.4 Å². The van der Waals surface area contributed by atoms with E-state index in [1.54, 1.807) is 11.8 Å². The van der Waals surface area contributed by atoms with Gasteiger partial charge in [-0.1, -0.05) is 67.9 Å². The summed E-state index contributed by atoms with van der Waals surface area (Å²) in [7, 11) is 0. The van der Waals surface area contributed by atoms with Crippen molar-refractivity contribution in [3.63, 3.8) is 0 Å². The van der Waals surface area contributed by atoms with Crippen LogP contribution in [0.2, 0.25) is 0 Å². The first-order valence-electron chi connectivity index (χ1n) is 12.4. The van der Waals surface area contributed by atoms with Crippen LogP contribution in [0.5, 0.6) is 0 Å². The Morgan fingerprint density at radius 1 is 1.14 bits per heavy atom. The lowest BCUT2D eigenvalue weighted by Crippen LogP contribution is -2.43. The van der Waals surface area contributed by atoms with Crippen LogP contribution in [0.1, 0.15) is 50.6 Å². The Bertz CT molecular complexity index is 1100. The number of carbonyl (C=O) groups is 1. The second kappa shape index (κ2) is 11.4. The normalized spacial score (nSPS) is 16.9. The molecule has 0 radical (unpaired) electrons. The molecule has 2 heterocycles. The van der Waals surface area contributed by atoms with E-state index in [2.05, 4.69) is 84.5 Å². The van der Waals surface area contributed by atoms with Crippen LogP contribution < -0.4 is 5.32 Å². The van der Waals surface area contributed by atoms with Crippen LogP contribution in [0, 0.1) is 12.8 Å². The zero-order chi connectivity index (χ0) is 24.8. The summed E-state index contributed by atoms with van der Waals surface area (Å²) < 4.78 is 5.54. The van der Waals surface area contributed by atoms with Gasteiger partial charge in [-0.15, -0.1) is 11.8 Å². The average Bonchev–Trinajstić information content (AvgIpc) is 3.31. The molecule has 1 aromatic heterocycles. The number of hydrogen-bond donors (Lipinski definition) is 1. The first-order valence-corrected chi connectivity index (χ1v) is 13.4. The van der Waals surface area contributed by atoms with Gasteiger partial charge >= 0.3 is 0 Å². The van der Waals surface area contributed by atoms with Crippen LogP contribution in [0.25, 0.3) is 11.4 Å². The van der Waals surface area contributed by atoms with Crippen molar-refractivity contribution in [1.29, 1.82) is 0 Å². The molecule has 1 fully saturated rings. The fraction of sp³-hybridized carbons (Fsp3) is 0.464. The fourth-order valence-corrected chi connectivity index (χ4v) is 5.05. The average molecular weight is 493 g/mol. The number of nitrogens with one attached hydrogen (secondary N) is 1. The molecule has 1 aliphatic heterocycles. The zero-order valence-electron chi connectivity index (χ0n) is 21.2. The molecule has 3 aromatic rings. The molecule has 1 unspecified atom stereocenters. The molecule has 0 aliphatic carbocycles. The minimum Gasteiger partial charge on any atom is -0.355 e. The summed E-state index contributed by atoms with van der Waals surface area (Å²) in [5, 5.41) is 7.30. The Balaban J connectivity index is 1.24. The highest BCUT2D eigenvalue weighted by molar-refractivity contribution is 7.99. The van der Waals surface area contributed by atoms with E-state index in [0.29, 0.717) is 24.8 Å². The van der Waals surface area contributed by atoms with Gasteiger partial charge in [0.05, 0.1) is 12.5 Å². The lowest BCUT2D eigenvalue weighted by Gasteiger charge is -2.30. The van der Waals surface area contributed by atoms with Crippen molar-refractivity contribution in [2.45, 2.75) is 57.4 Å². The number of benzene rings is 2. The summed E-state index contributed by atoms with van der Waals surface area (Å²) in [5.74, 6) is 2.21. The molecule has 1 saturated heterocycles. The topological polar surface area (TPSA) is 71.3 Å². The minimum absolute atomic E-state index is 0.000425. The summed E-state index contributed by atoms with van der Waals surface area (Å²) in [4.78, 5) is 20.8. The van der Waals surface area contributed by atoms with E-state index in [-0.39, 0.29) is 17.2 Å². The standard InChI is InChI=1S/C28H36N4O2S/c1-20-7-13-24(14-8-20)35-17-15-29-27(33)22-6-5-16-32(18-22)19-25-30-26(31-34-25)21-9-11-23(12-10-21)28(2,3)4/h7-14,22H,5-6,15-19H2,1-4H3,(H,29,33). The first kappa shape index (κ1) is 25.5. The molecule has 1 N–H and O–H groups in total. The maximum Gasteiger partial charge on any atom is 0.241 e. The highest BCUT2D eigenvalue weighted by Crippen LogP contribution is 2.25. The van der Waals surface area contributed by atoms with E-state index in [4.69, 9.17) is 4.52 Å². The largest absolute Gasteiger partial charge is 0.355 e. The molecular weight excluding hydrogens is 456 g/mol. The predicted molar refractivity (Wildman–Crippen MR) is 141 cm³/mol. The first-order chi connectivity index (χ1) is 16.8. The van der Waals surface area contributed by atoms with Gasteiger partial charge in [-0.25, -0.2) is 0 Å². The van der Waals surface area contributed by atoms with E-state index >= 15 is 0 Å². The van der Waals surface area contributed by atoms with E-state index < -0.39 is 0 Å². The maximum atomic E-state index is 12.7. The summed E-state index contributed by atoms with van der Waals surface area (Å²) in [6.07, 6.45) is 1.91. The van der Waals surface area contributed by atoms with Crippen LogP contribution in [0.4, 0.5) is 0 Å². The highest BCUT2D eigenvalue weighted by atomic mass is 32.2. The minimum atomic E-state index is 0.000425. The molecule has 7 heteroatoms. The Kier molecular flexibility index (Phi) is 8.29. The highest BCUT2D eigenvalue weighted by Gasteiger charge is 2.26. The third kappa shape index (κ3) is 7.18. The lowest BCUT2D eigenvalue weighted by atomic mass is 9.87. The molecule has 0 spiro atoms. The lowest BCUT2D eigenvalue weighted by molar-refractivity contribution is -0.126. The SMILES string of the molecule is Cc1ccc(SCCNC(=O)C2CCCN(Cc3nc(-c4ccc(C(C)(C)C)cc4)no3)C2)cc1. The van der Waals surface area contributed by atoms with Gasteiger partial charge in [0.15, 0.2) is 0 Å². The van der Waals surface area contributed by atoms with Crippen LogP contribution in [-0.2, 0) is 16.8 Å². The summed E-state index contributed by atoms with van der Waals surface area (Å²) in [5.41, 5.74) is 3.59. The number of amides is 1. The molecule has 0 saturated carbocycles. The van der Waals surface area contributed by atoms with Gasteiger partial charge in [0.2, 0.25) is 17.6 Å². The van der Waals surface area contributed by atoms with Gasteiger partial charge in [-0.2, -0.15) is 4.98 Å². The zero-order valence-corrected chi connectivity index (χ0v) is 22.0. The van der Waals surface area contributed by atoms with Crippen molar-refractivity contribution in [3.8, 4) is 11.4 Å². The summed E-state index contributed by atoms with van der Waals surface area (Å²) >= 11 is 1.77. The summed E-state index contributed by atoms with van der Waals surface area (Å²) in [6, 6.07) is 16.8. The van der Waals surface area contributed by atoms with Gasteiger partial charge in [0.25, 0.3) is 0 Å². The number of likely N-dealkylation sites (tertiary alicyclic amines) is 1. The van der Waals surface area contributed by atoms with Gasteiger partial charge in [0, 0.05) is 29.3 Å². The molecule has 35 heavy (non-hydrogen) atoms. The van der Waals surface area contributed by atoms with E-state index in [0.717, 1.165) is 37.2 Å². The molecule has 6 nitrogen and oxygen atoms in total. The molecule has 2 aromatic carbocycles. The van der Waals surface area contributed by atoms with Crippen LogP contribution in [0.15, 0.2) is 57.9 Å². The van der Waals surface area contributed by atoms with Crippen LogP contribution in [-0.4, -0.2) is 46.3 Å². The van der Waals surface area contributed by atoms with E-state index in [9.17, 15) is 4.79 Å². The quantitative estimate of drug-likeness (QED) is 0.332. The Morgan fingerprint density at radius 2 is 1.89 bits per heavy atom. The second-order valence-electron chi connectivity index (χ2n) is 10.4. The fourth-order valence-electron chi connectivity index (χ4n) is 4.28. The number of aromatic nitrogens is 2. The van der Waals surface area contributed by atoms with Crippen molar-refractivity contribution in [3.05, 3.63) is 65.5 Å². The number of carbonyl (C=O) groups excluding carboxylic acids is 1. The van der Waals surface area contributed by atoms with Crippen molar-refractivity contribution < 1.29 is 9.32 Å². The van der Waals surface area contributed by atoms with E-state index in [1.165, 1.54) is 16.0 Å². The summed E-state index contributed by atoms with van der Waals surface area (Å²) in [6.45, 7) is 11.6. The Hall–Kier alpha value is -2.64. The number of nitrogens with zero attached hydrogens (tertiary/aromatic N) is 3. The molecule has 1 amide bonds. The number of aryl methyl sites for hydroxylation is 1. The molecule has 186 valence electrons. The predicted octanol–water partition coefficient (Wildman–Crippen LogP) is 5.46. The van der Waals surface area contributed by atoms with Gasteiger partial charge in [-0.05, 0) is 49.4 Å². The monoisotopic (exact) mass is 492 g/mol. The number of thioether (sulfide) groups is 1. The van der Waals surface area contributed by atoms with Crippen molar-refractivity contribution >= 4 is 17.7 Å². The van der Waals surface area contributed by atoms with Crippen LogP contribution >= 0.6 is 11.8 Å². The third-order valence-corrected chi connectivity index (χ3v) is 7.42. The smallest absolute Gasteiger partial charge is 0.241 e. The Morgan fingerprint density at radius 3 is 2.60 bits per heavy atom. The van der Waals surface area contributed by atoms with E-state index in [1.807, 2.05) is 12.1 Å². The molecule has 1 aliphatic rings. The van der Waals surface area contributed by atoms with Gasteiger partial charge in [-0.3, -0.25) is 9.69 Å². The molecule has 0 bridgehead atoms. The second-order valence-corrected chi connectivity index (χ2v) is 11.5. The number of rotatable bonds is 8. The van der Waals surface area contributed by atoms with Gasteiger partial charge in [0.1, 0.15) is 0 Å². The number of piperidine rings is 1. The maximum absolute atomic E-state index is 12.7. The Labute approximate surface area is 212 Å². The number of hydrogen-bond acceptors (Lipinski definition) is 6. The van der Waals surface area contributed by atoms with Crippen molar-refractivity contribution in [2.75, 3.05) is 25.4 Å².